The molecule has 0 fully saturated rings. The van der Waals surface area contributed by atoms with E-state index in [0.717, 1.165) is 31.8 Å². The molecular formula is C13H22N2O. The molecule has 90 valence electrons. The molecule has 1 rings (SSSR count). The van der Waals surface area contributed by atoms with Crippen LogP contribution in [-0.2, 0) is 6.42 Å². The van der Waals surface area contributed by atoms with Crippen LogP contribution < -0.4 is 15.4 Å². The second kappa shape index (κ2) is 7.25. The molecule has 0 bridgehead atoms. The van der Waals surface area contributed by atoms with Crippen molar-refractivity contribution < 1.29 is 4.74 Å². The van der Waals surface area contributed by atoms with E-state index < -0.39 is 0 Å². The Morgan fingerprint density at radius 1 is 1.19 bits per heavy atom. The number of aryl methyl sites for hydroxylation is 1. The van der Waals surface area contributed by atoms with Gasteiger partial charge in [0, 0.05) is 13.1 Å². The molecule has 0 aliphatic carbocycles. The first-order valence-corrected chi connectivity index (χ1v) is 5.76. The Balaban J connectivity index is 2.42. The van der Waals surface area contributed by atoms with Crippen molar-refractivity contribution in [2.75, 3.05) is 33.8 Å². The summed E-state index contributed by atoms with van der Waals surface area (Å²) >= 11 is 0. The largest absolute Gasteiger partial charge is 0.496 e. The quantitative estimate of drug-likeness (QED) is 0.683. The van der Waals surface area contributed by atoms with Gasteiger partial charge in [0.25, 0.3) is 0 Å². The summed E-state index contributed by atoms with van der Waals surface area (Å²) in [4.78, 5) is 0. The number of rotatable bonds is 7. The van der Waals surface area contributed by atoms with Crippen LogP contribution in [0, 0.1) is 6.92 Å². The third-order valence-electron chi connectivity index (χ3n) is 2.56. The number of ether oxygens (including phenoxy) is 1. The maximum Gasteiger partial charge on any atom is 0.122 e. The highest BCUT2D eigenvalue weighted by Gasteiger charge is 2.02. The van der Waals surface area contributed by atoms with E-state index in [9.17, 15) is 0 Å². The van der Waals surface area contributed by atoms with E-state index in [-0.39, 0.29) is 0 Å². The predicted molar refractivity (Wildman–Crippen MR) is 68.2 cm³/mol. The molecule has 0 heterocycles. The van der Waals surface area contributed by atoms with Crippen LogP contribution in [0.3, 0.4) is 0 Å². The molecule has 0 aromatic heterocycles. The molecule has 0 radical (unpaired) electrons. The second-order valence-electron chi connectivity index (χ2n) is 3.92. The van der Waals surface area contributed by atoms with E-state index in [1.54, 1.807) is 7.11 Å². The minimum atomic E-state index is 0.987. The van der Waals surface area contributed by atoms with Crippen LogP contribution in [0.4, 0.5) is 0 Å². The van der Waals surface area contributed by atoms with E-state index in [1.165, 1.54) is 11.1 Å². The van der Waals surface area contributed by atoms with Gasteiger partial charge in [-0.05, 0) is 38.6 Å². The zero-order valence-electron chi connectivity index (χ0n) is 10.5. The molecule has 2 N–H and O–H groups in total. The lowest BCUT2D eigenvalue weighted by Gasteiger charge is -2.10. The highest BCUT2D eigenvalue weighted by molar-refractivity contribution is 5.37. The van der Waals surface area contributed by atoms with Crippen molar-refractivity contribution in [1.29, 1.82) is 0 Å². The van der Waals surface area contributed by atoms with E-state index in [2.05, 4.69) is 29.7 Å². The zero-order chi connectivity index (χ0) is 11.8. The van der Waals surface area contributed by atoms with Crippen LogP contribution in [0.2, 0.25) is 0 Å². The average Bonchev–Trinajstić information content (AvgIpc) is 2.29. The first-order chi connectivity index (χ1) is 7.77. The van der Waals surface area contributed by atoms with Gasteiger partial charge >= 0.3 is 0 Å². The van der Waals surface area contributed by atoms with E-state index in [1.807, 2.05) is 13.1 Å². The summed E-state index contributed by atoms with van der Waals surface area (Å²) in [6.45, 7) is 5.11. The molecule has 0 atom stereocenters. The average molecular weight is 222 g/mol. The van der Waals surface area contributed by atoms with Gasteiger partial charge in [-0.3, -0.25) is 0 Å². The summed E-state index contributed by atoms with van der Waals surface area (Å²) in [7, 11) is 3.69. The second-order valence-corrected chi connectivity index (χ2v) is 3.92. The summed E-state index contributed by atoms with van der Waals surface area (Å²) in [6, 6.07) is 6.31. The molecule has 3 nitrogen and oxygen atoms in total. The fourth-order valence-electron chi connectivity index (χ4n) is 1.66. The number of benzene rings is 1. The lowest BCUT2D eigenvalue weighted by molar-refractivity contribution is 0.409. The molecule has 16 heavy (non-hydrogen) atoms. The van der Waals surface area contributed by atoms with Crippen molar-refractivity contribution in [3.05, 3.63) is 29.3 Å². The molecule has 1 aromatic rings. The molecule has 1 aromatic carbocycles. The van der Waals surface area contributed by atoms with Gasteiger partial charge in [0.15, 0.2) is 0 Å². The number of likely N-dealkylation sites (N-methyl/N-ethyl adjacent to an activating group) is 1. The van der Waals surface area contributed by atoms with Crippen molar-refractivity contribution in [2.24, 2.45) is 0 Å². The van der Waals surface area contributed by atoms with Crippen molar-refractivity contribution in [2.45, 2.75) is 13.3 Å². The fraction of sp³-hybridized carbons (Fsp3) is 0.538. The summed E-state index contributed by atoms with van der Waals surface area (Å²) in [5.41, 5.74) is 2.56. The molecule has 0 saturated heterocycles. The van der Waals surface area contributed by atoms with Gasteiger partial charge in [0.1, 0.15) is 5.75 Å². The maximum absolute atomic E-state index is 5.34. The van der Waals surface area contributed by atoms with E-state index in [0.29, 0.717) is 0 Å². The van der Waals surface area contributed by atoms with Crippen LogP contribution in [0.5, 0.6) is 5.75 Å². The molecule has 0 unspecified atom stereocenters. The Morgan fingerprint density at radius 2 is 2.00 bits per heavy atom. The monoisotopic (exact) mass is 222 g/mol. The number of hydrogen-bond acceptors (Lipinski definition) is 3. The minimum Gasteiger partial charge on any atom is -0.496 e. The van der Waals surface area contributed by atoms with Gasteiger partial charge < -0.3 is 15.4 Å². The molecule has 0 spiro atoms. The third-order valence-corrected chi connectivity index (χ3v) is 2.56. The van der Waals surface area contributed by atoms with Crippen molar-refractivity contribution >= 4 is 0 Å². The standard InChI is InChI=1S/C13H22N2O/c1-11-4-5-13(16-3)12(10-11)6-7-15-9-8-14-2/h4-5,10,14-15H,6-9H2,1-3H3. The molecular weight excluding hydrogens is 200 g/mol. The fourth-order valence-corrected chi connectivity index (χ4v) is 1.66. The summed E-state index contributed by atoms with van der Waals surface area (Å²) in [5.74, 6) is 0.987. The van der Waals surface area contributed by atoms with E-state index in [4.69, 9.17) is 4.74 Å². The Hall–Kier alpha value is -1.06. The first-order valence-electron chi connectivity index (χ1n) is 5.76. The van der Waals surface area contributed by atoms with E-state index >= 15 is 0 Å². The van der Waals surface area contributed by atoms with Crippen molar-refractivity contribution in [1.82, 2.24) is 10.6 Å². The highest BCUT2D eigenvalue weighted by Crippen LogP contribution is 2.19. The van der Waals surface area contributed by atoms with Crippen LogP contribution in [0.25, 0.3) is 0 Å². The van der Waals surface area contributed by atoms with Crippen molar-refractivity contribution in [3.63, 3.8) is 0 Å². The van der Waals surface area contributed by atoms with Crippen LogP contribution in [0.15, 0.2) is 18.2 Å². The molecule has 0 aliphatic heterocycles. The Labute approximate surface area is 98.2 Å². The highest BCUT2D eigenvalue weighted by atomic mass is 16.5. The Morgan fingerprint density at radius 3 is 2.69 bits per heavy atom. The van der Waals surface area contributed by atoms with Crippen LogP contribution in [0.1, 0.15) is 11.1 Å². The molecule has 0 saturated carbocycles. The molecule has 3 heteroatoms. The maximum atomic E-state index is 5.34. The summed E-state index contributed by atoms with van der Waals surface area (Å²) in [6.07, 6.45) is 1.01. The predicted octanol–water partition coefficient (Wildman–Crippen LogP) is 1.36. The van der Waals surface area contributed by atoms with Crippen molar-refractivity contribution in [3.8, 4) is 5.75 Å². The minimum absolute atomic E-state index is 0.987. The van der Waals surface area contributed by atoms with Gasteiger partial charge in [-0.15, -0.1) is 0 Å². The lowest BCUT2D eigenvalue weighted by atomic mass is 10.1. The SMILES string of the molecule is CNCCNCCc1cc(C)ccc1OC. The number of nitrogens with one attached hydrogen (secondary N) is 2. The Bertz CT molecular complexity index is 313. The van der Waals surface area contributed by atoms with Gasteiger partial charge in [-0.25, -0.2) is 0 Å². The normalized spacial score (nSPS) is 10.4. The van der Waals surface area contributed by atoms with Crippen LogP contribution >= 0.6 is 0 Å². The molecule has 0 aliphatic rings. The third kappa shape index (κ3) is 4.21. The number of methoxy groups -OCH3 is 1. The topological polar surface area (TPSA) is 33.3 Å². The smallest absolute Gasteiger partial charge is 0.122 e. The van der Waals surface area contributed by atoms with Gasteiger partial charge in [0.2, 0.25) is 0 Å². The number of hydrogen-bond donors (Lipinski definition) is 2. The summed E-state index contributed by atoms with van der Waals surface area (Å²) < 4.78 is 5.34. The summed E-state index contributed by atoms with van der Waals surface area (Å²) in [5, 5.41) is 6.50. The first kappa shape index (κ1) is 13.0. The van der Waals surface area contributed by atoms with Crippen LogP contribution in [-0.4, -0.2) is 33.8 Å². The Kier molecular flexibility index (Phi) is 5.90. The lowest BCUT2D eigenvalue weighted by Crippen LogP contribution is -2.26. The zero-order valence-corrected chi connectivity index (χ0v) is 10.5. The van der Waals surface area contributed by atoms with Gasteiger partial charge in [-0.2, -0.15) is 0 Å². The van der Waals surface area contributed by atoms with Gasteiger partial charge in [0.05, 0.1) is 7.11 Å². The molecule has 0 amide bonds. The van der Waals surface area contributed by atoms with Gasteiger partial charge in [-0.1, -0.05) is 17.7 Å².